The summed E-state index contributed by atoms with van der Waals surface area (Å²) in [7, 11) is 0. The number of benzene rings is 1. The summed E-state index contributed by atoms with van der Waals surface area (Å²) in [5.41, 5.74) is 2.04. The molecule has 1 N–H and O–H groups in total. The Labute approximate surface area is 120 Å². The van der Waals surface area contributed by atoms with Gasteiger partial charge in [0, 0.05) is 12.5 Å². The summed E-state index contributed by atoms with van der Waals surface area (Å²) in [6.07, 6.45) is -2.05. The number of anilines is 1. The Hall–Kier alpha value is -1.98. The third-order valence-corrected chi connectivity index (χ3v) is 3.91. The van der Waals surface area contributed by atoms with Crippen LogP contribution in [-0.4, -0.2) is 16.0 Å². The molecule has 1 aromatic carbocycles. The first-order valence-corrected chi connectivity index (χ1v) is 6.94. The molecular weight excluding hydrogens is 279 g/mol. The van der Waals surface area contributed by atoms with Crippen LogP contribution in [0.2, 0.25) is 0 Å². The molecule has 1 aromatic heterocycles. The number of halogens is 3. The fourth-order valence-corrected chi connectivity index (χ4v) is 2.71. The summed E-state index contributed by atoms with van der Waals surface area (Å²) in [6, 6.07) is 7.36. The molecule has 1 aliphatic heterocycles. The van der Waals surface area contributed by atoms with Crippen LogP contribution in [0.3, 0.4) is 0 Å². The smallest absolute Gasteiger partial charge is 0.363 e. The molecule has 21 heavy (non-hydrogen) atoms. The van der Waals surface area contributed by atoms with Crippen molar-refractivity contribution in [2.24, 2.45) is 0 Å². The van der Waals surface area contributed by atoms with Crippen LogP contribution in [0.15, 0.2) is 36.5 Å². The minimum absolute atomic E-state index is 0.0519. The summed E-state index contributed by atoms with van der Waals surface area (Å²) in [5.74, 6) is 0.410. The predicted octanol–water partition coefficient (Wildman–Crippen LogP) is 4.11. The van der Waals surface area contributed by atoms with Crippen LogP contribution < -0.4 is 5.32 Å². The van der Waals surface area contributed by atoms with Crippen molar-refractivity contribution in [1.82, 2.24) is 9.78 Å². The topological polar surface area (TPSA) is 29.9 Å². The predicted molar refractivity (Wildman–Crippen MR) is 74.1 cm³/mol. The normalized spacial score (nSPS) is 21.7. The summed E-state index contributed by atoms with van der Waals surface area (Å²) in [4.78, 5) is 0. The van der Waals surface area contributed by atoms with Crippen molar-refractivity contribution in [1.29, 1.82) is 0 Å². The molecule has 2 atom stereocenters. The van der Waals surface area contributed by atoms with Gasteiger partial charge in [-0.3, -0.25) is 0 Å². The van der Waals surface area contributed by atoms with Crippen LogP contribution in [0.4, 0.5) is 19.0 Å². The first kappa shape index (κ1) is 14.0. The molecule has 6 heteroatoms. The Morgan fingerprint density at radius 2 is 1.95 bits per heavy atom. The van der Waals surface area contributed by atoms with Crippen molar-refractivity contribution in [3.8, 4) is 0 Å². The highest BCUT2D eigenvalue weighted by molar-refractivity contribution is 5.42. The maximum atomic E-state index is 13.2. The van der Waals surface area contributed by atoms with E-state index in [1.807, 2.05) is 31.2 Å². The summed E-state index contributed by atoms with van der Waals surface area (Å²) in [6.45, 7) is 2.05. The fourth-order valence-electron chi connectivity index (χ4n) is 2.71. The first-order valence-electron chi connectivity index (χ1n) is 6.94. The number of hydrogen-bond acceptors (Lipinski definition) is 2. The Kier molecular flexibility index (Phi) is 3.39. The molecule has 0 amide bonds. The van der Waals surface area contributed by atoms with Gasteiger partial charge in [0.15, 0.2) is 6.04 Å². The molecule has 1 aliphatic rings. The van der Waals surface area contributed by atoms with Crippen molar-refractivity contribution >= 4 is 5.82 Å². The fraction of sp³-hybridized carbons (Fsp3) is 0.400. The van der Waals surface area contributed by atoms with Crippen LogP contribution in [0.5, 0.6) is 0 Å². The van der Waals surface area contributed by atoms with E-state index in [0.717, 1.165) is 16.7 Å². The van der Waals surface area contributed by atoms with Gasteiger partial charge in [-0.1, -0.05) is 31.2 Å². The zero-order chi connectivity index (χ0) is 15.0. The number of rotatable bonds is 2. The lowest BCUT2D eigenvalue weighted by atomic mass is 9.96. The highest BCUT2D eigenvalue weighted by Crippen LogP contribution is 2.43. The lowest BCUT2D eigenvalue weighted by molar-refractivity contribution is -0.173. The van der Waals surface area contributed by atoms with E-state index in [-0.39, 0.29) is 12.5 Å². The summed E-state index contributed by atoms with van der Waals surface area (Å²) < 4.78 is 40.7. The Balaban J connectivity index is 1.92. The summed E-state index contributed by atoms with van der Waals surface area (Å²) >= 11 is 0. The van der Waals surface area contributed by atoms with Gasteiger partial charge in [-0.15, -0.1) is 0 Å². The van der Waals surface area contributed by atoms with E-state index in [0.29, 0.717) is 5.82 Å². The molecule has 0 fully saturated rings. The molecule has 3 rings (SSSR count). The molecule has 0 unspecified atom stereocenters. The van der Waals surface area contributed by atoms with E-state index in [1.54, 1.807) is 6.07 Å². The van der Waals surface area contributed by atoms with Gasteiger partial charge in [0.2, 0.25) is 0 Å². The maximum absolute atomic E-state index is 13.2. The van der Waals surface area contributed by atoms with E-state index in [2.05, 4.69) is 10.4 Å². The highest BCUT2D eigenvalue weighted by Gasteiger charge is 2.46. The Morgan fingerprint density at radius 1 is 1.24 bits per heavy atom. The maximum Gasteiger partial charge on any atom is 0.410 e. The number of nitrogens with zero attached hydrogens (tertiary/aromatic N) is 2. The lowest BCUT2D eigenvalue weighted by Gasteiger charge is -2.33. The van der Waals surface area contributed by atoms with Gasteiger partial charge >= 0.3 is 6.18 Å². The summed E-state index contributed by atoms with van der Waals surface area (Å²) in [5, 5.41) is 6.93. The van der Waals surface area contributed by atoms with Crippen LogP contribution >= 0.6 is 0 Å². The number of aromatic nitrogens is 2. The highest BCUT2D eigenvalue weighted by atomic mass is 19.4. The third-order valence-electron chi connectivity index (χ3n) is 3.91. The van der Waals surface area contributed by atoms with Crippen LogP contribution in [0.25, 0.3) is 0 Å². The molecule has 0 bridgehead atoms. The number of nitrogens with one attached hydrogen (secondary N) is 1. The van der Waals surface area contributed by atoms with Crippen LogP contribution in [-0.2, 0) is 6.42 Å². The van der Waals surface area contributed by atoms with Crippen molar-refractivity contribution in [3.63, 3.8) is 0 Å². The lowest BCUT2D eigenvalue weighted by Crippen LogP contribution is -2.35. The largest absolute Gasteiger partial charge is 0.410 e. The van der Waals surface area contributed by atoms with E-state index >= 15 is 0 Å². The molecule has 0 aliphatic carbocycles. The Bertz CT molecular complexity index is 616. The number of aryl methyl sites for hydroxylation is 1. The van der Waals surface area contributed by atoms with Crippen molar-refractivity contribution in [2.45, 2.75) is 38.0 Å². The SMILES string of the molecule is CCc1ccc([C@@H]2C[C@@H](C(F)(F)F)n3nccc3N2)cc1. The standard InChI is InChI=1S/C15H16F3N3/c1-2-10-3-5-11(6-4-10)12-9-13(15(16,17)18)21-14(20-12)7-8-19-21/h3-8,12-13,20H,2,9H2,1H3/t12-,13-/m0/s1. The molecule has 2 heterocycles. The zero-order valence-corrected chi connectivity index (χ0v) is 11.6. The monoisotopic (exact) mass is 295 g/mol. The first-order chi connectivity index (χ1) is 9.99. The second kappa shape index (κ2) is 5.09. The van der Waals surface area contributed by atoms with E-state index in [9.17, 15) is 13.2 Å². The number of fused-ring (bicyclic) bond motifs is 1. The number of alkyl halides is 3. The van der Waals surface area contributed by atoms with Gasteiger partial charge in [0.05, 0.1) is 12.2 Å². The molecule has 112 valence electrons. The second-order valence-corrected chi connectivity index (χ2v) is 5.25. The third kappa shape index (κ3) is 2.62. The molecular formula is C15H16F3N3. The van der Waals surface area contributed by atoms with E-state index in [1.165, 1.54) is 11.8 Å². The van der Waals surface area contributed by atoms with Crippen molar-refractivity contribution < 1.29 is 13.2 Å². The second-order valence-electron chi connectivity index (χ2n) is 5.25. The van der Waals surface area contributed by atoms with Gasteiger partial charge in [-0.05, 0) is 17.5 Å². The van der Waals surface area contributed by atoms with Crippen LogP contribution in [0.1, 0.15) is 36.6 Å². The average Bonchev–Trinajstić information content (AvgIpc) is 2.93. The van der Waals surface area contributed by atoms with Crippen molar-refractivity contribution in [2.75, 3.05) is 5.32 Å². The molecule has 0 saturated carbocycles. The van der Waals surface area contributed by atoms with E-state index in [4.69, 9.17) is 0 Å². The number of hydrogen-bond donors (Lipinski definition) is 1. The Morgan fingerprint density at radius 3 is 2.57 bits per heavy atom. The zero-order valence-electron chi connectivity index (χ0n) is 11.6. The molecule has 2 aromatic rings. The minimum Gasteiger partial charge on any atom is -0.363 e. The average molecular weight is 295 g/mol. The molecule has 0 spiro atoms. The van der Waals surface area contributed by atoms with Gasteiger partial charge < -0.3 is 5.32 Å². The van der Waals surface area contributed by atoms with Crippen molar-refractivity contribution in [3.05, 3.63) is 47.7 Å². The van der Waals surface area contributed by atoms with Gasteiger partial charge in [-0.2, -0.15) is 18.3 Å². The molecule has 0 radical (unpaired) electrons. The van der Waals surface area contributed by atoms with E-state index < -0.39 is 12.2 Å². The van der Waals surface area contributed by atoms with Gasteiger partial charge in [-0.25, -0.2) is 4.68 Å². The van der Waals surface area contributed by atoms with Gasteiger partial charge in [0.1, 0.15) is 5.82 Å². The molecule has 3 nitrogen and oxygen atoms in total. The van der Waals surface area contributed by atoms with Crippen LogP contribution in [0, 0.1) is 0 Å². The minimum atomic E-state index is -4.30. The quantitative estimate of drug-likeness (QED) is 0.903. The molecule has 0 saturated heterocycles. The van der Waals surface area contributed by atoms with Gasteiger partial charge in [0.25, 0.3) is 0 Å².